The molecule has 0 aromatic heterocycles. The Morgan fingerprint density at radius 2 is 1.81 bits per heavy atom. The van der Waals surface area contributed by atoms with Gasteiger partial charge in [0.25, 0.3) is 0 Å². The van der Waals surface area contributed by atoms with Crippen LogP contribution < -0.4 is 0 Å². The van der Waals surface area contributed by atoms with Gasteiger partial charge < -0.3 is 14.6 Å². The fraction of sp³-hybridized carbons (Fsp3) is 0.300. The maximum Gasteiger partial charge on any atom is 0.335 e. The van der Waals surface area contributed by atoms with Gasteiger partial charge in [-0.05, 0) is 0 Å². The summed E-state index contributed by atoms with van der Waals surface area (Å²) in [5, 5.41) is 8.80. The molecule has 1 N–H and O–H groups in total. The molecule has 0 aromatic carbocycles. The standard InChI is InChI=1S/C10H12O6/c1-4-6(9(12)13)7(10(14)16-3)5-8(11)15-2/h4-6H,1H2,2-3H3,(H,12,13)/b7-5+. The van der Waals surface area contributed by atoms with Crippen LogP contribution in [0.5, 0.6) is 0 Å². The molecule has 0 bridgehead atoms. The van der Waals surface area contributed by atoms with Gasteiger partial charge in [-0.15, -0.1) is 6.58 Å². The molecule has 1 unspecified atom stereocenters. The third kappa shape index (κ3) is 3.56. The second-order valence-electron chi connectivity index (χ2n) is 2.67. The first kappa shape index (κ1) is 13.9. The van der Waals surface area contributed by atoms with E-state index in [1.807, 2.05) is 0 Å². The minimum absolute atomic E-state index is 0.336. The number of carboxylic acid groups (broad SMARTS) is 1. The van der Waals surface area contributed by atoms with Crippen LogP contribution in [0.4, 0.5) is 0 Å². The quantitative estimate of drug-likeness (QED) is 0.409. The maximum atomic E-state index is 11.3. The fourth-order valence-electron chi connectivity index (χ4n) is 0.940. The molecule has 0 saturated carbocycles. The number of carbonyl (C=O) groups is 3. The Balaban J connectivity index is 5.30. The molecule has 0 heterocycles. The highest BCUT2D eigenvalue weighted by molar-refractivity contribution is 6.01. The molecule has 0 amide bonds. The predicted molar refractivity (Wildman–Crippen MR) is 53.4 cm³/mol. The second-order valence-corrected chi connectivity index (χ2v) is 2.67. The van der Waals surface area contributed by atoms with Gasteiger partial charge in [0.15, 0.2) is 0 Å². The highest BCUT2D eigenvalue weighted by atomic mass is 16.5. The minimum Gasteiger partial charge on any atom is -0.481 e. The van der Waals surface area contributed by atoms with Crippen LogP contribution in [-0.2, 0) is 23.9 Å². The van der Waals surface area contributed by atoms with E-state index in [1.54, 1.807) is 0 Å². The lowest BCUT2D eigenvalue weighted by Gasteiger charge is -2.09. The average molecular weight is 228 g/mol. The molecule has 0 radical (unpaired) electrons. The summed E-state index contributed by atoms with van der Waals surface area (Å²) in [5.41, 5.74) is -0.336. The number of hydrogen-bond acceptors (Lipinski definition) is 5. The van der Waals surface area contributed by atoms with Crippen molar-refractivity contribution in [3.63, 3.8) is 0 Å². The highest BCUT2D eigenvalue weighted by Gasteiger charge is 2.26. The first-order valence-corrected chi connectivity index (χ1v) is 4.21. The van der Waals surface area contributed by atoms with Crippen molar-refractivity contribution >= 4 is 17.9 Å². The summed E-state index contributed by atoms with van der Waals surface area (Å²) in [6.07, 6.45) is 1.79. The van der Waals surface area contributed by atoms with Crippen LogP contribution in [-0.4, -0.2) is 37.2 Å². The molecule has 0 spiro atoms. The highest BCUT2D eigenvalue weighted by Crippen LogP contribution is 2.14. The van der Waals surface area contributed by atoms with E-state index in [1.165, 1.54) is 0 Å². The van der Waals surface area contributed by atoms with Crippen LogP contribution in [0.15, 0.2) is 24.3 Å². The molecule has 0 aromatic rings. The molecule has 0 fully saturated rings. The molecule has 1 atom stereocenters. The lowest BCUT2D eigenvalue weighted by molar-refractivity contribution is -0.143. The fourth-order valence-corrected chi connectivity index (χ4v) is 0.940. The number of ether oxygens (including phenoxy) is 2. The molecule has 0 saturated heterocycles. The van der Waals surface area contributed by atoms with E-state index in [4.69, 9.17) is 5.11 Å². The SMILES string of the molecule is C=CC(C(=O)O)/C(=C\C(=O)OC)C(=O)OC. The van der Waals surface area contributed by atoms with Gasteiger partial charge in [-0.25, -0.2) is 9.59 Å². The zero-order valence-electron chi connectivity index (χ0n) is 8.93. The maximum absolute atomic E-state index is 11.3. The van der Waals surface area contributed by atoms with Gasteiger partial charge >= 0.3 is 17.9 Å². The minimum atomic E-state index is -1.31. The Morgan fingerprint density at radius 1 is 1.25 bits per heavy atom. The van der Waals surface area contributed by atoms with Gasteiger partial charge in [-0.2, -0.15) is 0 Å². The molecule has 88 valence electrons. The van der Waals surface area contributed by atoms with Gasteiger partial charge in [0.1, 0.15) is 5.92 Å². The van der Waals surface area contributed by atoms with Crippen LogP contribution in [0.3, 0.4) is 0 Å². The van der Waals surface area contributed by atoms with Crippen molar-refractivity contribution in [3.8, 4) is 0 Å². The van der Waals surface area contributed by atoms with Gasteiger partial charge in [0.05, 0.1) is 19.8 Å². The van der Waals surface area contributed by atoms with Crippen molar-refractivity contribution in [3.05, 3.63) is 24.3 Å². The van der Waals surface area contributed by atoms with E-state index in [0.29, 0.717) is 0 Å². The number of aliphatic carboxylic acids is 1. The molecule has 6 heteroatoms. The van der Waals surface area contributed by atoms with E-state index in [9.17, 15) is 14.4 Å². The molecule has 0 aliphatic heterocycles. The van der Waals surface area contributed by atoms with E-state index in [2.05, 4.69) is 16.1 Å². The molecule has 6 nitrogen and oxygen atoms in total. The lowest BCUT2D eigenvalue weighted by Crippen LogP contribution is -2.21. The zero-order valence-corrected chi connectivity index (χ0v) is 8.93. The van der Waals surface area contributed by atoms with Gasteiger partial charge in [0, 0.05) is 6.08 Å². The van der Waals surface area contributed by atoms with Gasteiger partial charge in [0.2, 0.25) is 0 Å². The monoisotopic (exact) mass is 228 g/mol. The van der Waals surface area contributed by atoms with Gasteiger partial charge in [-0.3, -0.25) is 4.79 Å². The number of hydrogen-bond donors (Lipinski definition) is 1. The van der Waals surface area contributed by atoms with Crippen LogP contribution in [0, 0.1) is 5.92 Å². The smallest absolute Gasteiger partial charge is 0.335 e. The van der Waals surface area contributed by atoms with Crippen molar-refractivity contribution in [2.24, 2.45) is 5.92 Å². The Hall–Kier alpha value is -2.11. The van der Waals surface area contributed by atoms with E-state index >= 15 is 0 Å². The third-order valence-electron chi connectivity index (χ3n) is 1.73. The molecule has 0 rings (SSSR count). The van der Waals surface area contributed by atoms with E-state index in [-0.39, 0.29) is 5.57 Å². The number of esters is 2. The van der Waals surface area contributed by atoms with E-state index in [0.717, 1.165) is 26.4 Å². The third-order valence-corrected chi connectivity index (χ3v) is 1.73. The average Bonchev–Trinajstić information content (AvgIpc) is 2.26. The number of carboxylic acids is 1. The van der Waals surface area contributed by atoms with Crippen molar-refractivity contribution in [2.45, 2.75) is 0 Å². The second kappa shape index (κ2) is 6.39. The summed E-state index contributed by atoms with van der Waals surface area (Å²) in [7, 11) is 2.19. The largest absolute Gasteiger partial charge is 0.481 e. The summed E-state index contributed by atoms with van der Waals surface area (Å²) in [6, 6.07) is 0. The molecular weight excluding hydrogens is 216 g/mol. The normalized spacial score (nSPS) is 12.5. The van der Waals surface area contributed by atoms with Crippen LogP contribution in [0.1, 0.15) is 0 Å². The predicted octanol–water partition coefficient (Wildman–Crippen LogP) is 0.146. The zero-order chi connectivity index (χ0) is 12.7. The Morgan fingerprint density at radius 3 is 2.12 bits per heavy atom. The van der Waals surface area contributed by atoms with Crippen LogP contribution in [0.2, 0.25) is 0 Å². The number of methoxy groups -OCH3 is 2. The topological polar surface area (TPSA) is 89.9 Å². The van der Waals surface area contributed by atoms with Crippen molar-refractivity contribution in [2.75, 3.05) is 14.2 Å². The lowest BCUT2D eigenvalue weighted by atomic mass is 9.99. The summed E-state index contributed by atoms with van der Waals surface area (Å²) in [5.74, 6) is -4.38. The molecule has 16 heavy (non-hydrogen) atoms. The van der Waals surface area contributed by atoms with Crippen LogP contribution >= 0.6 is 0 Å². The molecular formula is C10H12O6. The number of carbonyl (C=O) groups excluding carboxylic acids is 2. The Labute approximate surface area is 92.2 Å². The van der Waals surface area contributed by atoms with Crippen molar-refractivity contribution in [1.82, 2.24) is 0 Å². The van der Waals surface area contributed by atoms with E-state index < -0.39 is 23.8 Å². The summed E-state index contributed by atoms with van der Waals surface area (Å²) < 4.78 is 8.66. The first-order valence-electron chi connectivity index (χ1n) is 4.21. The van der Waals surface area contributed by atoms with Gasteiger partial charge in [-0.1, -0.05) is 6.08 Å². The summed E-state index contributed by atoms with van der Waals surface area (Å²) in [6.45, 7) is 3.27. The summed E-state index contributed by atoms with van der Waals surface area (Å²) >= 11 is 0. The number of rotatable bonds is 5. The molecule has 0 aliphatic rings. The van der Waals surface area contributed by atoms with Crippen molar-refractivity contribution in [1.29, 1.82) is 0 Å². The Kier molecular flexibility index (Phi) is 5.55. The van der Waals surface area contributed by atoms with Crippen LogP contribution in [0.25, 0.3) is 0 Å². The van der Waals surface area contributed by atoms with Crippen molar-refractivity contribution < 1.29 is 29.0 Å². The first-order chi connectivity index (χ1) is 7.47. The molecule has 0 aliphatic carbocycles. The Bertz CT molecular complexity index is 341. The summed E-state index contributed by atoms with van der Waals surface area (Å²) in [4.78, 5) is 33.0.